The van der Waals surface area contributed by atoms with Gasteiger partial charge in [0.1, 0.15) is 17.0 Å². The van der Waals surface area contributed by atoms with Crippen LogP contribution in [0.1, 0.15) is 74.5 Å². The van der Waals surface area contributed by atoms with Crippen molar-refractivity contribution < 1.29 is 18.7 Å². The monoisotopic (exact) mass is 484 g/mol. The molecular weight excluding hydrogens is 444 g/mol. The average Bonchev–Trinajstić information content (AvgIpc) is 3.35. The minimum atomic E-state index is -0.950. The molecule has 0 radical (unpaired) electrons. The number of ether oxygens (including phenoxy) is 1. The molecule has 35 heavy (non-hydrogen) atoms. The predicted molar refractivity (Wildman–Crippen MR) is 135 cm³/mol. The highest BCUT2D eigenvalue weighted by atomic mass is 16.5. The lowest BCUT2D eigenvalue weighted by atomic mass is 9.92. The van der Waals surface area contributed by atoms with Gasteiger partial charge in [-0.05, 0) is 33.1 Å². The van der Waals surface area contributed by atoms with Crippen molar-refractivity contribution in [2.45, 2.75) is 83.3 Å². The molecule has 5 rings (SSSR count). The van der Waals surface area contributed by atoms with Gasteiger partial charge in [-0.1, -0.05) is 32.1 Å². The minimum absolute atomic E-state index is 0.0319. The van der Waals surface area contributed by atoms with Gasteiger partial charge in [0.05, 0.1) is 25.3 Å². The Bertz CT molecular complexity index is 1050. The lowest BCUT2D eigenvalue weighted by molar-refractivity contribution is -0.133. The van der Waals surface area contributed by atoms with Crippen molar-refractivity contribution in [1.29, 1.82) is 0 Å². The highest BCUT2D eigenvalue weighted by Crippen LogP contribution is 2.34. The van der Waals surface area contributed by atoms with E-state index in [1.165, 1.54) is 19.3 Å². The fraction of sp³-hybridized carbons (Fsp3) is 0.704. The number of nitrogens with zero attached hydrogens (tertiary/aromatic N) is 3. The molecule has 8 heteroatoms. The van der Waals surface area contributed by atoms with E-state index in [4.69, 9.17) is 9.15 Å². The molecule has 2 aromatic rings. The molecule has 1 aliphatic carbocycles. The summed E-state index contributed by atoms with van der Waals surface area (Å²) in [5, 5.41) is 3.37. The van der Waals surface area contributed by atoms with E-state index in [-0.39, 0.29) is 17.9 Å². The number of aromatic nitrogens is 1. The van der Waals surface area contributed by atoms with Crippen LogP contribution in [0, 0.1) is 6.92 Å². The van der Waals surface area contributed by atoms with Gasteiger partial charge >= 0.3 is 0 Å². The molecule has 0 aromatic carbocycles. The summed E-state index contributed by atoms with van der Waals surface area (Å²) >= 11 is 0. The second kappa shape index (κ2) is 10.3. The van der Waals surface area contributed by atoms with Crippen LogP contribution in [-0.2, 0) is 16.1 Å². The maximum absolute atomic E-state index is 13.9. The second-order valence-corrected chi connectivity index (χ2v) is 10.8. The summed E-state index contributed by atoms with van der Waals surface area (Å²) in [5.74, 6) is 0.694. The van der Waals surface area contributed by atoms with Crippen molar-refractivity contribution in [3.05, 3.63) is 23.6 Å². The Hall–Kier alpha value is -2.32. The maximum atomic E-state index is 13.9. The number of aryl methyl sites for hydroxylation is 1. The molecule has 8 nitrogen and oxygen atoms in total. The normalized spacial score (nSPS) is 24.9. The van der Waals surface area contributed by atoms with Crippen LogP contribution in [0.3, 0.4) is 0 Å². The Morgan fingerprint density at radius 2 is 1.80 bits per heavy atom. The fourth-order valence-corrected chi connectivity index (χ4v) is 6.03. The SMILES string of the molecule is Cc1cc2c(cc3n2C[C@](C)(C(=O)NC2CCCCCCC2)N(CCCN2CCOCC2)C3=O)o1. The van der Waals surface area contributed by atoms with Gasteiger partial charge in [0, 0.05) is 44.4 Å². The second-order valence-electron chi connectivity index (χ2n) is 10.8. The van der Waals surface area contributed by atoms with Crippen LogP contribution in [0.2, 0.25) is 0 Å². The highest BCUT2D eigenvalue weighted by molar-refractivity contribution is 6.03. The molecule has 1 saturated heterocycles. The van der Waals surface area contributed by atoms with Crippen molar-refractivity contribution in [2.75, 3.05) is 39.4 Å². The number of morpholine rings is 1. The van der Waals surface area contributed by atoms with Crippen molar-refractivity contribution in [3.63, 3.8) is 0 Å². The van der Waals surface area contributed by atoms with Gasteiger partial charge in [-0.25, -0.2) is 0 Å². The van der Waals surface area contributed by atoms with Crippen LogP contribution in [-0.4, -0.2) is 77.2 Å². The van der Waals surface area contributed by atoms with Crippen LogP contribution in [0.5, 0.6) is 0 Å². The van der Waals surface area contributed by atoms with E-state index in [1.54, 1.807) is 0 Å². The van der Waals surface area contributed by atoms with E-state index in [0.29, 0.717) is 24.4 Å². The zero-order chi connectivity index (χ0) is 24.4. The van der Waals surface area contributed by atoms with Gasteiger partial charge in [-0.2, -0.15) is 0 Å². The van der Waals surface area contributed by atoms with Crippen LogP contribution >= 0.6 is 0 Å². The molecular formula is C27H40N4O4. The summed E-state index contributed by atoms with van der Waals surface area (Å²) in [6.07, 6.45) is 8.94. The van der Waals surface area contributed by atoms with Gasteiger partial charge in [-0.15, -0.1) is 0 Å². The lowest BCUT2D eigenvalue weighted by Crippen LogP contribution is -2.65. The molecule has 0 spiro atoms. The molecule has 2 aromatic heterocycles. The third-order valence-corrected chi connectivity index (χ3v) is 8.13. The Morgan fingerprint density at radius 1 is 1.09 bits per heavy atom. The van der Waals surface area contributed by atoms with E-state index in [9.17, 15) is 9.59 Å². The summed E-state index contributed by atoms with van der Waals surface area (Å²) in [5.41, 5.74) is 1.27. The molecule has 192 valence electrons. The summed E-state index contributed by atoms with van der Waals surface area (Å²) in [7, 11) is 0. The standard InChI is InChI=1S/C27H40N4O4/c1-20-17-22-24(35-20)18-23-25(32)31(12-8-11-29-13-15-34-16-14-29)27(2,19-30(22)23)26(33)28-21-9-6-4-3-5-7-10-21/h17-18,21H,3-16,19H2,1-2H3,(H,28,33)/t27-/m1/s1. The van der Waals surface area contributed by atoms with E-state index < -0.39 is 5.54 Å². The van der Waals surface area contributed by atoms with E-state index in [2.05, 4.69) is 10.2 Å². The largest absolute Gasteiger partial charge is 0.460 e. The van der Waals surface area contributed by atoms with Crippen LogP contribution < -0.4 is 5.32 Å². The molecule has 1 N–H and O–H groups in total. The van der Waals surface area contributed by atoms with Crippen LogP contribution in [0.15, 0.2) is 16.5 Å². The Balaban J connectivity index is 1.38. The topological polar surface area (TPSA) is 80.0 Å². The van der Waals surface area contributed by atoms with E-state index in [0.717, 1.165) is 76.2 Å². The number of amides is 2. The predicted octanol–water partition coefficient (Wildman–Crippen LogP) is 3.71. The first-order chi connectivity index (χ1) is 17.0. The zero-order valence-corrected chi connectivity index (χ0v) is 21.3. The van der Waals surface area contributed by atoms with E-state index >= 15 is 0 Å². The minimum Gasteiger partial charge on any atom is -0.460 e. The smallest absolute Gasteiger partial charge is 0.271 e. The number of carbonyl (C=O) groups excluding carboxylic acids is 2. The fourth-order valence-electron chi connectivity index (χ4n) is 6.03. The third-order valence-electron chi connectivity index (χ3n) is 8.13. The molecule has 2 aliphatic heterocycles. The molecule has 0 bridgehead atoms. The molecule has 0 unspecified atom stereocenters. The lowest BCUT2D eigenvalue weighted by Gasteiger charge is -2.45. The van der Waals surface area contributed by atoms with Gasteiger partial charge < -0.3 is 23.9 Å². The van der Waals surface area contributed by atoms with E-state index in [1.807, 2.05) is 35.4 Å². The Kier molecular flexibility index (Phi) is 7.21. The number of hydrogen-bond donors (Lipinski definition) is 1. The zero-order valence-electron chi connectivity index (χ0n) is 21.3. The first kappa shape index (κ1) is 24.4. The first-order valence-corrected chi connectivity index (χ1v) is 13.5. The van der Waals surface area contributed by atoms with Crippen molar-refractivity contribution in [2.24, 2.45) is 0 Å². The Labute approximate surface area is 207 Å². The van der Waals surface area contributed by atoms with Gasteiger partial charge in [0.2, 0.25) is 5.91 Å². The summed E-state index contributed by atoms with van der Waals surface area (Å²) in [6, 6.07) is 3.99. The summed E-state index contributed by atoms with van der Waals surface area (Å²) in [6.45, 7) is 9.11. The number of furan rings is 1. The molecule has 1 saturated carbocycles. The maximum Gasteiger partial charge on any atom is 0.271 e. The summed E-state index contributed by atoms with van der Waals surface area (Å²) < 4.78 is 13.3. The van der Waals surface area contributed by atoms with Gasteiger partial charge in [0.25, 0.3) is 5.91 Å². The average molecular weight is 485 g/mol. The van der Waals surface area contributed by atoms with Gasteiger partial charge in [0.15, 0.2) is 5.58 Å². The van der Waals surface area contributed by atoms with Crippen LogP contribution in [0.4, 0.5) is 0 Å². The molecule has 1 atom stereocenters. The summed E-state index contributed by atoms with van der Waals surface area (Å²) in [4.78, 5) is 31.9. The van der Waals surface area contributed by atoms with Crippen LogP contribution in [0.25, 0.3) is 11.1 Å². The third kappa shape index (κ3) is 5.00. The molecule has 3 aliphatic rings. The quantitative estimate of drug-likeness (QED) is 0.676. The first-order valence-electron chi connectivity index (χ1n) is 13.5. The molecule has 2 amide bonds. The number of nitrogens with one attached hydrogen (secondary N) is 1. The van der Waals surface area contributed by atoms with Crippen molar-refractivity contribution >= 4 is 22.9 Å². The molecule has 2 fully saturated rings. The Morgan fingerprint density at radius 3 is 2.54 bits per heavy atom. The number of rotatable bonds is 6. The molecule has 4 heterocycles. The van der Waals surface area contributed by atoms with Crippen molar-refractivity contribution in [3.8, 4) is 0 Å². The number of fused-ring (bicyclic) bond motifs is 3. The van der Waals surface area contributed by atoms with Gasteiger partial charge in [-0.3, -0.25) is 14.5 Å². The van der Waals surface area contributed by atoms with Crippen molar-refractivity contribution in [1.82, 2.24) is 19.7 Å². The number of hydrogen-bond acceptors (Lipinski definition) is 5. The number of carbonyl (C=O) groups is 2. The highest BCUT2D eigenvalue weighted by Gasteiger charge is 2.48.